The van der Waals surface area contributed by atoms with E-state index in [1.54, 1.807) is 60.7 Å². The van der Waals surface area contributed by atoms with E-state index in [1.165, 1.54) is 17.0 Å². The number of nitriles is 1. The molecule has 0 bridgehead atoms. The first kappa shape index (κ1) is 21.7. The lowest BCUT2D eigenvalue weighted by atomic mass is 9.95. The number of aliphatic hydroxyl groups excluding tert-OH is 1. The van der Waals surface area contributed by atoms with Crippen molar-refractivity contribution in [3.05, 3.63) is 95.1 Å². The number of ketones is 1. The lowest BCUT2D eigenvalue weighted by Crippen LogP contribution is -2.29. The fourth-order valence-electron chi connectivity index (χ4n) is 3.82. The zero-order valence-corrected chi connectivity index (χ0v) is 17.7. The van der Waals surface area contributed by atoms with Crippen LogP contribution < -0.4 is 9.64 Å². The predicted octanol–water partition coefficient (Wildman–Crippen LogP) is 4.29. The van der Waals surface area contributed by atoms with Gasteiger partial charge in [0, 0.05) is 11.3 Å². The van der Waals surface area contributed by atoms with E-state index >= 15 is 0 Å². The van der Waals surface area contributed by atoms with Crippen molar-refractivity contribution in [3.8, 4) is 17.6 Å². The number of aromatic hydroxyl groups is 1. The van der Waals surface area contributed by atoms with Gasteiger partial charge in [-0.2, -0.15) is 5.26 Å². The first-order valence-corrected chi connectivity index (χ1v) is 10.3. The molecule has 2 N–H and O–H groups in total. The van der Waals surface area contributed by atoms with Crippen molar-refractivity contribution in [1.29, 1.82) is 5.26 Å². The Hall–Kier alpha value is -4.57. The van der Waals surface area contributed by atoms with Gasteiger partial charge in [-0.1, -0.05) is 24.3 Å². The molecule has 1 aliphatic rings. The number of phenols is 1. The van der Waals surface area contributed by atoms with Crippen molar-refractivity contribution in [1.82, 2.24) is 0 Å². The number of benzene rings is 3. The van der Waals surface area contributed by atoms with Crippen molar-refractivity contribution in [2.45, 2.75) is 13.0 Å². The van der Waals surface area contributed by atoms with Gasteiger partial charge in [-0.3, -0.25) is 14.5 Å². The zero-order valence-electron chi connectivity index (χ0n) is 17.7. The van der Waals surface area contributed by atoms with E-state index < -0.39 is 17.7 Å². The van der Waals surface area contributed by atoms with Crippen molar-refractivity contribution in [2.24, 2.45) is 0 Å². The highest BCUT2D eigenvalue weighted by molar-refractivity contribution is 6.51. The van der Waals surface area contributed by atoms with E-state index in [0.717, 1.165) is 0 Å². The summed E-state index contributed by atoms with van der Waals surface area (Å²) in [5.41, 5.74) is 1.59. The van der Waals surface area contributed by atoms with Crippen LogP contribution in [0.15, 0.2) is 78.4 Å². The zero-order chi connectivity index (χ0) is 23.5. The first-order valence-electron chi connectivity index (χ1n) is 10.3. The molecule has 3 aromatic rings. The molecule has 7 nitrogen and oxygen atoms in total. The molecule has 1 amide bonds. The van der Waals surface area contributed by atoms with Crippen LogP contribution >= 0.6 is 0 Å². The standard InChI is InChI=1S/C26H20N2O5/c1-2-33-21-5-3-4-18(14-21)24(30)22-23(17-8-12-20(29)13-9-17)28(26(32)25(22)31)19-10-6-16(15-27)7-11-19/h3-14,23,29-30H,2H2,1H3/b24-22-. The molecular formula is C26H20N2O5. The number of hydrogen-bond donors (Lipinski definition) is 2. The number of aliphatic hydroxyl groups is 1. The van der Waals surface area contributed by atoms with Crippen LogP contribution in [0.25, 0.3) is 5.76 Å². The second kappa shape index (κ2) is 8.89. The minimum atomic E-state index is -0.936. The van der Waals surface area contributed by atoms with Crippen molar-refractivity contribution in [3.63, 3.8) is 0 Å². The molecule has 1 atom stereocenters. The molecule has 164 valence electrons. The highest BCUT2D eigenvalue weighted by Crippen LogP contribution is 2.42. The average Bonchev–Trinajstić information content (AvgIpc) is 3.10. The van der Waals surface area contributed by atoms with E-state index in [2.05, 4.69) is 0 Å². The van der Waals surface area contributed by atoms with Gasteiger partial charge >= 0.3 is 0 Å². The molecule has 3 aromatic carbocycles. The summed E-state index contributed by atoms with van der Waals surface area (Å²) in [4.78, 5) is 27.6. The Morgan fingerprint density at radius 1 is 1.06 bits per heavy atom. The molecule has 0 spiro atoms. The van der Waals surface area contributed by atoms with Gasteiger partial charge in [-0.25, -0.2) is 0 Å². The fourth-order valence-corrected chi connectivity index (χ4v) is 3.82. The maximum atomic E-state index is 13.1. The Kier molecular flexibility index (Phi) is 5.83. The largest absolute Gasteiger partial charge is 0.508 e. The lowest BCUT2D eigenvalue weighted by molar-refractivity contribution is -0.132. The number of ether oxygens (including phenoxy) is 1. The number of hydrogen-bond acceptors (Lipinski definition) is 6. The summed E-state index contributed by atoms with van der Waals surface area (Å²) < 4.78 is 5.49. The second-order valence-electron chi connectivity index (χ2n) is 7.38. The van der Waals surface area contributed by atoms with Crippen LogP contribution in [-0.4, -0.2) is 28.5 Å². The van der Waals surface area contributed by atoms with Gasteiger partial charge in [-0.05, 0) is 61.0 Å². The summed E-state index contributed by atoms with van der Waals surface area (Å²) >= 11 is 0. The summed E-state index contributed by atoms with van der Waals surface area (Å²) in [6, 6.07) is 20.1. The molecular weight excluding hydrogens is 420 g/mol. The monoisotopic (exact) mass is 440 g/mol. The number of Topliss-reactive ketones (excluding diaryl/α,β-unsaturated/α-hetero) is 1. The highest BCUT2D eigenvalue weighted by Gasteiger charge is 2.47. The van der Waals surface area contributed by atoms with E-state index in [4.69, 9.17) is 10.00 Å². The topological polar surface area (TPSA) is 111 Å². The van der Waals surface area contributed by atoms with Gasteiger partial charge in [0.25, 0.3) is 11.7 Å². The fraction of sp³-hybridized carbons (Fsp3) is 0.115. The molecule has 7 heteroatoms. The number of amides is 1. The van der Waals surface area contributed by atoms with Crippen LogP contribution in [0.3, 0.4) is 0 Å². The van der Waals surface area contributed by atoms with Crippen LogP contribution in [0.4, 0.5) is 5.69 Å². The molecule has 0 radical (unpaired) electrons. The van der Waals surface area contributed by atoms with Gasteiger partial charge in [-0.15, -0.1) is 0 Å². The molecule has 1 heterocycles. The molecule has 4 rings (SSSR count). The Morgan fingerprint density at radius 2 is 1.76 bits per heavy atom. The molecule has 1 aliphatic heterocycles. The maximum absolute atomic E-state index is 13.1. The van der Waals surface area contributed by atoms with Crippen LogP contribution in [0.5, 0.6) is 11.5 Å². The molecule has 0 aromatic heterocycles. The summed E-state index contributed by atoms with van der Waals surface area (Å²) in [5, 5.41) is 30.0. The number of nitrogens with zero attached hydrogens (tertiary/aromatic N) is 2. The highest BCUT2D eigenvalue weighted by atomic mass is 16.5. The number of carbonyl (C=O) groups excluding carboxylic acids is 2. The smallest absolute Gasteiger partial charge is 0.300 e. The number of phenolic OH excluding ortho intramolecular Hbond substituents is 1. The Labute approximate surface area is 190 Å². The van der Waals surface area contributed by atoms with Crippen LogP contribution in [0.1, 0.15) is 29.7 Å². The van der Waals surface area contributed by atoms with Crippen molar-refractivity contribution >= 4 is 23.1 Å². The van der Waals surface area contributed by atoms with Crippen molar-refractivity contribution in [2.75, 3.05) is 11.5 Å². The summed E-state index contributed by atoms with van der Waals surface area (Å²) in [5.74, 6) is -1.43. The van der Waals surface area contributed by atoms with E-state index in [-0.39, 0.29) is 17.1 Å². The van der Waals surface area contributed by atoms with Crippen LogP contribution in [-0.2, 0) is 9.59 Å². The minimum Gasteiger partial charge on any atom is -0.508 e. The Balaban J connectivity index is 1.91. The third kappa shape index (κ3) is 4.02. The van der Waals surface area contributed by atoms with Gasteiger partial charge in [0.15, 0.2) is 0 Å². The molecule has 33 heavy (non-hydrogen) atoms. The number of anilines is 1. The van der Waals surface area contributed by atoms with Gasteiger partial charge in [0.1, 0.15) is 17.3 Å². The second-order valence-corrected chi connectivity index (χ2v) is 7.38. The van der Waals surface area contributed by atoms with Crippen LogP contribution in [0, 0.1) is 11.3 Å². The van der Waals surface area contributed by atoms with E-state index in [9.17, 15) is 19.8 Å². The Bertz CT molecular complexity index is 1290. The number of carbonyl (C=O) groups is 2. The van der Waals surface area contributed by atoms with Crippen molar-refractivity contribution < 1.29 is 24.5 Å². The third-order valence-corrected chi connectivity index (χ3v) is 5.35. The summed E-state index contributed by atoms with van der Waals surface area (Å²) in [6.07, 6.45) is 0. The molecule has 0 aliphatic carbocycles. The van der Waals surface area contributed by atoms with Gasteiger partial charge in [0.05, 0.1) is 29.9 Å². The van der Waals surface area contributed by atoms with Gasteiger partial charge < -0.3 is 14.9 Å². The normalized spacial score (nSPS) is 17.1. The maximum Gasteiger partial charge on any atom is 0.300 e. The van der Waals surface area contributed by atoms with Crippen LogP contribution in [0.2, 0.25) is 0 Å². The molecule has 1 saturated heterocycles. The van der Waals surface area contributed by atoms with E-state index in [1.807, 2.05) is 13.0 Å². The average molecular weight is 440 g/mol. The SMILES string of the molecule is CCOc1cccc(/C(O)=C2/C(=O)C(=O)N(c3ccc(C#N)cc3)C2c2ccc(O)cc2)c1. The summed E-state index contributed by atoms with van der Waals surface area (Å²) in [6.45, 7) is 2.27. The predicted molar refractivity (Wildman–Crippen MR) is 122 cm³/mol. The first-order chi connectivity index (χ1) is 15.9. The van der Waals surface area contributed by atoms with Gasteiger partial charge in [0.2, 0.25) is 0 Å². The quantitative estimate of drug-likeness (QED) is 0.348. The molecule has 1 unspecified atom stereocenters. The third-order valence-electron chi connectivity index (χ3n) is 5.35. The lowest BCUT2D eigenvalue weighted by Gasteiger charge is -2.25. The molecule has 1 fully saturated rings. The summed E-state index contributed by atoms with van der Waals surface area (Å²) in [7, 11) is 0. The van der Waals surface area contributed by atoms with E-state index in [0.29, 0.717) is 34.7 Å². The molecule has 0 saturated carbocycles. The minimum absolute atomic E-state index is 0.0264. The number of rotatable bonds is 5. The Morgan fingerprint density at radius 3 is 2.39 bits per heavy atom.